The van der Waals surface area contributed by atoms with Crippen LogP contribution in [0.1, 0.15) is 4.88 Å². The lowest BCUT2D eigenvalue weighted by Gasteiger charge is -1.69. The Labute approximate surface area is 58.3 Å². The fourth-order valence-electron chi connectivity index (χ4n) is 0.386. The van der Waals surface area contributed by atoms with Crippen molar-refractivity contribution in [3.8, 4) is 0 Å². The number of nitrogens with zero attached hydrogens (tertiary/aromatic N) is 1. The van der Waals surface area contributed by atoms with Crippen molar-refractivity contribution in [1.29, 1.82) is 0 Å². The van der Waals surface area contributed by atoms with Crippen molar-refractivity contribution in [2.24, 2.45) is 0 Å². The Morgan fingerprint density at radius 2 is 2.38 bits per heavy atom. The van der Waals surface area contributed by atoms with E-state index in [-0.39, 0.29) is 12.4 Å². The monoisotopic (exact) mass is 150 g/mol. The van der Waals surface area contributed by atoms with E-state index in [2.05, 4.69) is 4.37 Å². The molecule has 0 amide bonds. The van der Waals surface area contributed by atoms with Crippen molar-refractivity contribution in [3.05, 3.63) is 10.9 Å². The van der Waals surface area contributed by atoms with E-state index in [4.69, 9.17) is 5.73 Å². The molecule has 0 saturated carbocycles. The van der Waals surface area contributed by atoms with Gasteiger partial charge in [-0.25, -0.2) is 0 Å². The van der Waals surface area contributed by atoms with Crippen molar-refractivity contribution in [2.45, 2.75) is 6.92 Å². The summed E-state index contributed by atoms with van der Waals surface area (Å²) in [4.78, 5) is 1.16. The first-order chi connectivity index (χ1) is 3.29. The summed E-state index contributed by atoms with van der Waals surface area (Å²) in [5.74, 6) is 0.627. The Morgan fingerprint density at radius 3 is 2.50 bits per heavy atom. The van der Waals surface area contributed by atoms with Crippen LogP contribution >= 0.6 is 23.9 Å². The third-order valence-corrected chi connectivity index (χ3v) is 1.35. The highest BCUT2D eigenvalue weighted by Crippen LogP contribution is 2.07. The van der Waals surface area contributed by atoms with Gasteiger partial charge in [0.05, 0.1) is 0 Å². The number of nitrogen functional groups attached to an aromatic ring is 1. The van der Waals surface area contributed by atoms with Gasteiger partial charge in [0.15, 0.2) is 0 Å². The molecular formula is C4H7ClN2S. The second kappa shape index (κ2) is 2.89. The minimum absolute atomic E-state index is 0. The van der Waals surface area contributed by atoms with Gasteiger partial charge in [-0.15, -0.1) is 12.4 Å². The lowest BCUT2D eigenvalue weighted by atomic mass is 10.5. The first-order valence-electron chi connectivity index (χ1n) is 1.98. The summed E-state index contributed by atoms with van der Waals surface area (Å²) in [6, 6.07) is 1.85. The Hall–Kier alpha value is -0.280. The SMILES string of the molecule is Cc1cc(N)ns1.Cl. The van der Waals surface area contributed by atoms with Crippen molar-refractivity contribution in [1.82, 2.24) is 4.37 Å². The first kappa shape index (κ1) is 7.72. The first-order valence-corrected chi connectivity index (χ1v) is 2.75. The molecule has 0 fully saturated rings. The number of rotatable bonds is 0. The maximum atomic E-state index is 5.28. The molecule has 8 heavy (non-hydrogen) atoms. The molecule has 4 heteroatoms. The molecule has 1 rings (SSSR count). The smallest absolute Gasteiger partial charge is 0.137 e. The van der Waals surface area contributed by atoms with Gasteiger partial charge in [-0.2, -0.15) is 4.37 Å². The number of hydrogen-bond acceptors (Lipinski definition) is 3. The van der Waals surface area contributed by atoms with Gasteiger partial charge >= 0.3 is 0 Å². The van der Waals surface area contributed by atoms with Crippen molar-refractivity contribution in [3.63, 3.8) is 0 Å². The van der Waals surface area contributed by atoms with Crippen LogP contribution in [0.3, 0.4) is 0 Å². The van der Waals surface area contributed by atoms with E-state index in [0.717, 1.165) is 4.88 Å². The summed E-state index contributed by atoms with van der Waals surface area (Å²) in [7, 11) is 0. The normalized spacial score (nSPS) is 8.12. The topological polar surface area (TPSA) is 38.9 Å². The molecule has 0 saturated heterocycles. The van der Waals surface area contributed by atoms with E-state index >= 15 is 0 Å². The van der Waals surface area contributed by atoms with Crippen molar-refractivity contribution >= 4 is 29.8 Å². The van der Waals surface area contributed by atoms with Gasteiger partial charge in [0.1, 0.15) is 5.82 Å². The van der Waals surface area contributed by atoms with E-state index in [1.165, 1.54) is 11.5 Å². The highest BCUT2D eigenvalue weighted by molar-refractivity contribution is 7.05. The van der Waals surface area contributed by atoms with Crippen molar-refractivity contribution in [2.75, 3.05) is 5.73 Å². The standard InChI is InChI=1S/C4H6N2S.ClH/c1-3-2-4(5)6-7-3;/h2H,1H3,(H2,5,6);1H. The van der Waals surface area contributed by atoms with Crippen molar-refractivity contribution < 1.29 is 0 Å². The molecule has 0 unspecified atom stereocenters. The number of aryl methyl sites for hydroxylation is 1. The van der Waals surface area contributed by atoms with Gasteiger partial charge in [0.25, 0.3) is 0 Å². The molecule has 2 N–H and O–H groups in total. The fourth-order valence-corrected chi connectivity index (χ4v) is 0.861. The zero-order valence-electron chi connectivity index (χ0n) is 4.42. The number of nitrogens with two attached hydrogens (primary N) is 1. The molecule has 0 bridgehead atoms. The second-order valence-corrected chi connectivity index (χ2v) is 2.37. The fraction of sp³-hybridized carbons (Fsp3) is 0.250. The van der Waals surface area contributed by atoms with Crippen LogP contribution in [0.4, 0.5) is 5.82 Å². The third-order valence-electron chi connectivity index (χ3n) is 0.646. The van der Waals surface area contributed by atoms with Crippen LogP contribution in [-0.2, 0) is 0 Å². The molecular weight excluding hydrogens is 144 g/mol. The Kier molecular flexibility index (Phi) is 2.79. The average molecular weight is 151 g/mol. The Balaban J connectivity index is 0.000000490. The van der Waals surface area contributed by atoms with Gasteiger partial charge in [-0.1, -0.05) is 0 Å². The quantitative estimate of drug-likeness (QED) is 0.608. The average Bonchev–Trinajstić information content (AvgIpc) is 1.87. The van der Waals surface area contributed by atoms with Crippen LogP contribution < -0.4 is 5.73 Å². The van der Waals surface area contributed by atoms with Crippen LogP contribution in [0.15, 0.2) is 6.07 Å². The van der Waals surface area contributed by atoms with Gasteiger partial charge in [0.2, 0.25) is 0 Å². The van der Waals surface area contributed by atoms with Crippen LogP contribution in [0, 0.1) is 6.92 Å². The Bertz CT molecular complexity index is 146. The third kappa shape index (κ3) is 1.68. The number of hydrogen-bond donors (Lipinski definition) is 1. The maximum Gasteiger partial charge on any atom is 0.137 e. The van der Waals surface area contributed by atoms with Gasteiger partial charge in [0, 0.05) is 4.88 Å². The van der Waals surface area contributed by atoms with Gasteiger partial charge in [-0.05, 0) is 24.5 Å². The molecule has 0 aliphatic carbocycles. The number of anilines is 1. The summed E-state index contributed by atoms with van der Waals surface area (Å²) < 4.78 is 3.84. The summed E-state index contributed by atoms with van der Waals surface area (Å²) in [6.07, 6.45) is 0. The van der Waals surface area contributed by atoms with E-state index in [9.17, 15) is 0 Å². The molecule has 0 spiro atoms. The Morgan fingerprint density at radius 1 is 1.75 bits per heavy atom. The number of halogens is 1. The number of aromatic nitrogens is 1. The van der Waals surface area contributed by atoms with Crippen LogP contribution in [-0.4, -0.2) is 4.37 Å². The van der Waals surface area contributed by atoms with Gasteiger partial charge < -0.3 is 5.73 Å². The van der Waals surface area contributed by atoms with Crippen LogP contribution in [0.25, 0.3) is 0 Å². The molecule has 0 aromatic carbocycles. The van der Waals surface area contributed by atoms with E-state index in [1.54, 1.807) is 0 Å². The largest absolute Gasteiger partial charge is 0.383 e. The van der Waals surface area contributed by atoms with E-state index in [1.807, 2.05) is 13.0 Å². The van der Waals surface area contributed by atoms with E-state index in [0.29, 0.717) is 5.82 Å². The molecule has 0 aliphatic rings. The molecule has 0 radical (unpaired) electrons. The predicted molar refractivity (Wildman–Crippen MR) is 38.5 cm³/mol. The summed E-state index contributed by atoms with van der Waals surface area (Å²) in [5.41, 5.74) is 5.28. The molecule has 0 aliphatic heterocycles. The minimum atomic E-state index is 0. The summed E-state index contributed by atoms with van der Waals surface area (Å²) >= 11 is 1.43. The highest BCUT2D eigenvalue weighted by Gasteiger charge is 1.86. The molecule has 0 atom stereocenters. The zero-order valence-corrected chi connectivity index (χ0v) is 6.05. The second-order valence-electron chi connectivity index (χ2n) is 1.36. The molecule has 1 aromatic rings. The molecule has 1 aromatic heterocycles. The lowest BCUT2D eigenvalue weighted by molar-refractivity contribution is 1.55. The molecule has 46 valence electrons. The van der Waals surface area contributed by atoms with Crippen LogP contribution in [0.5, 0.6) is 0 Å². The molecule has 2 nitrogen and oxygen atoms in total. The summed E-state index contributed by atoms with van der Waals surface area (Å²) in [6.45, 7) is 1.98. The highest BCUT2D eigenvalue weighted by atomic mass is 35.5. The lowest BCUT2D eigenvalue weighted by Crippen LogP contribution is -1.79. The summed E-state index contributed by atoms with van der Waals surface area (Å²) in [5, 5.41) is 0. The van der Waals surface area contributed by atoms with Gasteiger partial charge in [-0.3, -0.25) is 0 Å². The maximum absolute atomic E-state index is 5.28. The minimum Gasteiger partial charge on any atom is -0.383 e. The van der Waals surface area contributed by atoms with E-state index < -0.39 is 0 Å². The predicted octanol–water partition coefficient (Wildman–Crippen LogP) is 1.46. The zero-order chi connectivity index (χ0) is 5.28. The van der Waals surface area contributed by atoms with Crippen LogP contribution in [0.2, 0.25) is 0 Å². The molecule has 1 heterocycles.